The van der Waals surface area contributed by atoms with Gasteiger partial charge in [0, 0.05) is 22.3 Å². The molecule has 0 atom stereocenters. The van der Waals surface area contributed by atoms with Gasteiger partial charge in [0.15, 0.2) is 0 Å². The van der Waals surface area contributed by atoms with Gasteiger partial charge in [-0.25, -0.2) is 0 Å². The number of fused-ring (bicyclic) bond motifs is 1. The van der Waals surface area contributed by atoms with E-state index in [9.17, 15) is 0 Å². The zero-order chi connectivity index (χ0) is 12.5. The Hall–Kier alpha value is -1.68. The number of aromatic nitrogens is 3. The maximum atomic E-state index is 4.58. The van der Waals surface area contributed by atoms with Crippen LogP contribution in [0.25, 0.3) is 10.9 Å². The Morgan fingerprint density at radius 2 is 2.11 bits per heavy atom. The number of aryl methyl sites for hydroxylation is 1. The molecule has 18 heavy (non-hydrogen) atoms. The minimum absolute atomic E-state index is 0.702. The normalized spacial score (nSPS) is 11.0. The first kappa shape index (κ1) is 11.4. The zero-order valence-electron chi connectivity index (χ0n) is 9.97. The number of hydrogen-bond donors (Lipinski definition) is 0. The SMILES string of the molecule is Cc1cccnc1Cn1cc2cccc(Br)c2n1. The van der Waals surface area contributed by atoms with Crippen LogP contribution in [0.3, 0.4) is 0 Å². The summed E-state index contributed by atoms with van der Waals surface area (Å²) in [5.41, 5.74) is 3.24. The van der Waals surface area contributed by atoms with Crippen molar-refractivity contribution in [1.29, 1.82) is 0 Å². The van der Waals surface area contributed by atoms with Gasteiger partial charge in [-0.2, -0.15) is 5.10 Å². The third kappa shape index (κ3) is 2.04. The van der Waals surface area contributed by atoms with E-state index in [1.165, 1.54) is 5.56 Å². The quantitative estimate of drug-likeness (QED) is 0.725. The van der Waals surface area contributed by atoms with E-state index >= 15 is 0 Å². The van der Waals surface area contributed by atoms with Crippen LogP contribution in [0, 0.1) is 6.92 Å². The van der Waals surface area contributed by atoms with E-state index in [0.717, 1.165) is 21.1 Å². The lowest BCUT2D eigenvalue weighted by atomic mass is 10.2. The van der Waals surface area contributed by atoms with Crippen LogP contribution in [0.2, 0.25) is 0 Å². The lowest BCUT2D eigenvalue weighted by molar-refractivity contribution is 0.677. The van der Waals surface area contributed by atoms with E-state index in [2.05, 4.69) is 45.1 Å². The average molecular weight is 302 g/mol. The Kier molecular flexibility index (Phi) is 2.88. The van der Waals surface area contributed by atoms with Gasteiger partial charge in [0.1, 0.15) is 5.52 Å². The molecule has 0 aliphatic carbocycles. The fraction of sp³-hybridized carbons (Fsp3) is 0.143. The fourth-order valence-corrected chi connectivity index (χ4v) is 2.44. The highest BCUT2D eigenvalue weighted by Gasteiger charge is 2.06. The molecular formula is C14H12BrN3. The molecular weight excluding hydrogens is 290 g/mol. The summed E-state index contributed by atoms with van der Waals surface area (Å²) in [6.07, 6.45) is 3.87. The molecule has 0 fully saturated rings. The third-order valence-electron chi connectivity index (χ3n) is 2.96. The van der Waals surface area contributed by atoms with Gasteiger partial charge < -0.3 is 0 Å². The largest absolute Gasteiger partial charge is 0.265 e. The third-order valence-corrected chi connectivity index (χ3v) is 3.60. The second-order valence-electron chi connectivity index (χ2n) is 4.27. The molecule has 1 aromatic carbocycles. The molecule has 4 heteroatoms. The van der Waals surface area contributed by atoms with Gasteiger partial charge in [-0.3, -0.25) is 9.67 Å². The first-order valence-corrected chi connectivity index (χ1v) is 6.55. The molecule has 3 aromatic rings. The van der Waals surface area contributed by atoms with Crippen molar-refractivity contribution in [2.45, 2.75) is 13.5 Å². The van der Waals surface area contributed by atoms with E-state index in [1.807, 2.05) is 35.3 Å². The topological polar surface area (TPSA) is 30.7 Å². The minimum atomic E-state index is 0.702. The van der Waals surface area contributed by atoms with Crippen molar-refractivity contribution in [2.75, 3.05) is 0 Å². The molecule has 3 nitrogen and oxygen atoms in total. The second-order valence-corrected chi connectivity index (χ2v) is 5.13. The van der Waals surface area contributed by atoms with Crippen molar-refractivity contribution < 1.29 is 0 Å². The number of hydrogen-bond acceptors (Lipinski definition) is 2. The summed E-state index contributed by atoms with van der Waals surface area (Å²) in [4.78, 5) is 4.39. The predicted octanol–water partition coefficient (Wildman–Crippen LogP) is 3.55. The van der Waals surface area contributed by atoms with Crippen molar-refractivity contribution in [3.8, 4) is 0 Å². The summed E-state index contributed by atoms with van der Waals surface area (Å²) in [6, 6.07) is 10.1. The Morgan fingerprint density at radius 1 is 1.22 bits per heavy atom. The molecule has 0 saturated heterocycles. The summed E-state index contributed by atoms with van der Waals surface area (Å²) < 4.78 is 2.96. The predicted molar refractivity (Wildman–Crippen MR) is 75.5 cm³/mol. The summed E-state index contributed by atoms with van der Waals surface area (Å²) >= 11 is 3.52. The number of nitrogens with zero attached hydrogens (tertiary/aromatic N) is 3. The standard InChI is InChI=1S/C14H12BrN3/c1-10-4-3-7-16-13(10)9-18-8-11-5-2-6-12(15)14(11)17-18/h2-8H,9H2,1H3. The summed E-state index contributed by atoms with van der Waals surface area (Å²) in [6.45, 7) is 2.77. The van der Waals surface area contributed by atoms with Crippen molar-refractivity contribution in [2.24, 2.45) is 0 Å². The summed E-state index contributed by atoms with van der Waals surface area (Å²) in [5, 5.41) is 5.72. The molecule has 0 amide bonds. The Bertz CT molecular complexity index is 703. The molecule has 0 unspecified atom stereocenters. The Morgan fingerprint density at radius 3 is 2.89 bits per heavy atom. The molecule has 2 aromatic heterocycles. The van der Waals surface area contributed by atoms with Crippen LogP contribution in [0.4, 0.5) is 0 Å². The van der Waals surface area contributed by atoms with Gasteiger partial charge in [0.05, 0.1) is 12.2 Å². The molecule has 0 radical (unpaired) electrons. The molecule has 0 aliphatic heterocycles. The minimum Gasteiger partial charge on any atom is -0.265 e. The van der Waals surface area contributed by atoms with Crippen LogP contribution >= 0.6 is 15.9 Å². The van der Waals surface area contributed by atoms with Crippen molar-refractivity contribution in [1.82, 2.24) is 14.8 Å². The highest BCUT2D eigenvalue weighted by Crippen LogP contribution is 2.22. The first-order valence-electron chi connectivity index (χ1n) is 5.76. The Balaban J connectivity index is 2.01. The summed E-state index contributed by atoms with van der Waals surface area (Å²) in [7, 11) is 0. The maximum Gasteiger partial charge on any atom is 0.106 e. The van der Waals surface area contributed by atoms with E-state index in [1.54, 1.807) is 0 Å². The number of pyridine rings is 1. The van der Waals surface area contributed by atoms with E-state index in [-0.39, 0.29) is 0 Å². The zero-order valence-corrected chi connectivity index (χ0v) is 11.6. The molecule has 3 rings (SSSR count). The highest BCUT2D eigenvalue weighted by atomic mass is 79.9. The molecule has 2 heterocycles. The number of rotatable bonds is 2. The van der Waals surface area contributed by atoms with Crippen molar-refractivity contribution in [3.05, 3.63) is 58.5 Å². The molecule has 0 N–H and O–H groups in total. The summed E-state index contributed by atoms with van der Waals surface area (Å²) in [5.74, 6) is 0. The lowest BCUT2D eigenvalue weighted by Crippen LogP contribution is -2.03. The van der Waals surface area contributed by atoms with Gasteiger partial charge >= 0.3 is 0 Å². The van der Waals surface area contributed by atoms with Gasteiger partial charge in [-0.15, -0.1) is 0 Å². The van der Waals surface area contributed by atoms with Gasteiger partial charge in [-0.05, 0) is 40.5 Å². The van der Waals surface area contributed by atoms with Crippen molar-refractivity contribution in [3.63, 3.8) is 0 Å². The number of benzene rings is 1. The molecule has 90 valence electrons. The van der Waals surface area contributed by atoms with Crippen LogP contribution in [0.5, 0.6) is 0 Å². The van der Waals surface area contributed by atoms with E-state index in [0.29, 0.717) is 6.54 Å². The van der Waals surface area contributed by atoms with Gasteiger partial charge in [0.2, 0.25) is 0 Å². The molecule has 0 spiro atoms. The van der Waals surface area contributed by atoms with Crippen LogP contribution in [0.15, 0.2) is 47.2 Å². The van der Waals surface area contributed by atoms with Crippen molar-refractivity contribution >= 4 is 26.8 Å². The van der Waals surface area contributed by atoms with Crippen LogP contribution in [0.1, 0.15) is 11.3 Å². The van der Waals surface area contributed by atoms with Crippen LogP contribution in [-0.4, -0.2) is 14.8 Å². The maximum absolute atomic E-state index is 4.58. The molecule has 0 bridgehead atoms. The average Bonchev–Trinajstić information content (AvgIpc) is 2.76. The lowest BCUT2D eigenvalue weighted by Gasteiger charge is -2.03. The molecule has 0 aliphatic rings. The monoisotopic (exact) mass is 301 g/mol. The van der Waals surface area contributed by atoms with Crippen LogP contribution in [-0.2, 0) is 6.54 Å². The van der Waals surface area contributed by atoms with E-state index in [4.69, 9.17) is 0 Å². The second kappa shape index (κ2) is 4.53. The molecule has 0 saturated carbocycles. The van der Waals surface area contributed by atoms with Gasteiger partial charge in [-0.1, -0.05) is 18.2 Å². The smallest absolute Gasteiger partial charge is 0.106 e. The Labute approximate surface area is 114 Å². The fourth-order valence-electron chi connectivity index (χ4n) is 1.98. The van der Waals surface area contributed by atoms with E-state index < -0.39 is 0 Å². The van der Waals surface area contributed by atoms with Gasteiger partial charge in [0.25, 0.3) is 0 Å². The highest BCUT2D eigenvalue weighted by molar-refractivity contribution is 9.10. The first-order chi connectivity index (χ1) is 8.74. The number of halogens is 1. The van der Waals surface area contributed by atoms with Crippen LogP contribution < -0.4 is 0 Å².